The lowest BCUT2D eigenvalue weighted by Crippen LogP contribution is -2.24. The van der Waals surface area contributed by atoms with Crippen LogP contribution in [0.25, 0.3) is 10.9 Å². The third-order valence-electron chi connectivity index (χ3n) is 5.96. The molecule has 0 unspecified atom stereocenters. The van der Waals surface area contributed by atoms with E-state index in [0.717, 1.165) is 36.8 Å². The van der Waals surface area contributed by atoms with E-state index in [4.69, 9.17) is 9.47 Å². The number of pyridine rings is 1. The molecule has 0 aliphatic carbocycles. The van der Waals surface area contributed by atoms with Crippen molar-refractivity contribution in [2.75, 3.05) is 11.9 Å². The van der Waals surface area contributed by atoms with Gasteiger partial charge in [-0.1, -0.05) is 64.0 Å². The predicted molar refractivity (Wildman–Crippen MR) is 147 cm³/mol. The Morgan fingerprint density at radius 1 is 1.06 bits per heavy atom. The highest BCUT2D eigenvalue weighted by molar-refractivity contribution is 6.05. The average molecular weight is 489 g/mol. The molecule has 1 aromatic heterocycles. The van der Waals surface area contributed by atoms with Crippen molar-refractivity contribution in [3.05, 3.63) is 88.9 Å². The van der Waals surface area contributed by atoms with Crippen LogP contribution in [-0.4, -0.2) is 17.1 Å². The molecule has 190 valence electrons. The van der Waals surface area contributed by atoms with Crippen LogP contribution in [0.15, 0.2) is 77.8 Å². The molecule has 0 spiro atoms. The molecule has 0 saturated heterocycles. The topological polar surface area (TPSA) is 69.6 Å². The van der Waals surface area contributed by atoms with Gasteiger partial charge in [-0.05, 0) is 49.8 Å². The van der Waals surface area contributed by atoms with Gasteiger partial charge in [-0.3, -0.25) is 9.59 Å². The first-order valence-corrected chi connectivity index (χ1v) is 12.7. The lowest BCUT2D eigenvalue weighted by Gasteiger charge is -2.20. The second-order valence-electron chi connectivity index (χ2n) is 8.54. The Hall–Kier alpha value is -3.80. The minimum atomic E-state index is -0.256. The standard InChI is InChI=1S/C30H36N2O4/c1-5-9-10-14-19-32-26-21-23(31-29(33)22-15-12-11-13-16-22)17-18-25(26)27(36-24(7-3)8-4)28(30(32)34)35-20-6-2/h6-7,11-13,15-18,21H,2,5,8-10,14,19-20H2,1,3-4H3,(H,31,33). The number of aryl methyl sites for hydroxylation is 1. The van der Waals surface area contributed by atoms with Gasteiger partial charge in [0.05, 0.1) is 11.3 Å². The highest BCUT2D eigenvalue weighted by Gasteiger charge is 2.21. The molecule has 0 aliphatic heterocycles. The summed E-state index contributed by atoms with van der Waals surface area (Å²) in [5.41, 5.74) is 1.60. The predicted octanol–water partition coefficient (Wildman–Crippen LogP) is 7.09. The molecule has 2 aromatic carbocycles. The summed E-state index contributed by atoms with van der Waals surface area (Å²) in [6, 6.07) is 14.6. The van der Waals surface area contributed by atoms with E-state index in [0.29, 0.717) is 35.5 Å². The number of nitrogens with one attached hydrogen (secondary N) is 1. The number of hydrogen-bond donors (Lipinski definition) is 1. The molecule has 0 bridgehead atoms. The Labute approximate surface area is 213 Å². The first kappa shape index (κ1) is 26.8. The van der Waals surface area contributed by atoms with Crippen molar-refractivity contribution in [1.29, 1.82) is 0 Å². The number of amides is 1. The van der Waals surface area contributed by atoms with Crippen LogP contribution < -0.4 is 20.3 Å². The molecule has 1 heterocycles. The molecule has 3 rings (SSSR count). The van der Waals surface area contributed by atoms with E-state index >= 15 is 0 Å². The zero-order valence-electron chi connectivity index (χ0n) is 21.5. The van der Waals surface area contributed by atoms with Gasteiger partial charge in [-0.25, -0.2) is 0 Å². The van der Waals surface area contributed by atoms with E-state index in [-0.39, 0.29) is 23.8 Å². The van der Waals surface area contributed by atoms with E-state index in [1.165, 1.54) is 0 Å². The molecular weight excluding hydrogens is 452 g/mol. The average Bonchev–Trinajstić information content (AvgIpc) is 2.90. The van der Waals surface area contributed by atoms with Crippen LogP contribution >= 0.6 is 0 Å². The van der Waals surface area contributed by atoms with E-state index < -0.39 is 0 Å². The summed E-state index contributed by atoms with van der Waals surface area (Å²) < 4.78 is 13.8. The summed E-state index contributed by atoms with van der Waals surface area (Å²) in [5, 5.41) is 3.70. The second kappa shape index (κ2) is 13.3. The number of rotatable bonds is 13. The summed E-state index contributed by atoms with van der Waals surface area (Å²) in [7, 11) is 0. The van der Waals surface area contributed by atoms with Crippen LogP contribution in [0, 0.1) is 0 Å². The third-order valence-corrected chi connectivity index (χ3v) is 5.96. The molecule has 3 aromatic rings. The SMILES string of the molecule is C=CCOc1c(OC(=CC)CC)c2ccc(NC(=O)c3ccccc3)cc2n(CCCCCC)c1=O. The van der Waals surface area contributed by atoms with Gasteiger partial charge in [0.2, 0.25) is 5.75 Å². The number of benzene rings is 2. The van der Waals surface area contributed by atoms with E-state index in [1.54, 1.807) is 22.8 Å². The number of allylic oxidation sites excluding steroid dienone is 2. The number of nitrogens with zero attached hydrogens (tertiary/aromatic N) is 1. The van der Waals surface area contributed by atoms with E-state index in [1.807, 2.05) is 56.3 Å². The molecular formula is C30H36N2O4. The molecule has 0 saturated carbocycles. The van der Waals surface area contributed by atoms with Gasteiger partial charge in [0.15, 0.2) is 5.75 Å². The van der Waals surface area contributed by atoms with Crippen molar-refractivity contribution >= 4 is 22.5 Å². The maximum atomic E-state index is 13.7. The molecule has 0 fully saturated rings. The minimum Gasteiger partial charge on any atom is -0.481 e. The fraction of sp³-hybridized carbons (Fsp3) is 0.333. The number of anilines is 1. The number of fused-ring (bicyclic) bond motifs is 1. The fourth-order valence-electron chi connectivity index (χ4n) is 4.02. The van der Waals surface area contributed by atoms with Gasteiger partial charge in [-0.2, -0.15) is 0 Å². The van der Waals surface area contributed by atoms with Crippen LogP contribution in [0.1, 0.15) is 63.2 Å². The summed E-state index contributed by atoms with van der Waals surface area (Å²) in [5.74, 6) is 1.09. The molecule has 1 N–H and O–H groups in total. The summed E-state index contributed by atoms with van der Waals surface area (Å²) >= 11 is 0. The molecule has 0 aliphatic rings. The maximum absolute atomic E-state index is 13.7. The lowest BCUT2D eigenvalue weighted by atomic mass is 10.1. The van der Waals surface area contributed by atoms with Gasteiger partial charge in [-0.15, -0.1) is 0 Å². The maximum Gasteiger partial charge on any atom is 0.297 e. The lowest BCUT2D eigenvalue weighted by molar-refractivity contribution is 0.102. The molecule has 0 atom stereocenters. The third kappa shape index (κ3) is 6.45. The number of hydrogen-bond acceptors (Lipinski definition) is 4. The minimum absolute atomic E-state index is 0.173. The van der Waals surface area contributed by atoms with Crippen molar-refractivity contribution < 1.29 is 14.3 Å². The number of carbonyl (C=O) groups excluding carboxylic acids is 1. The van der Waals surface area contributed by atoms with Gasteiger partial charge >= 0.3 is 0 Å². The van der Waals surface area contributed by atoms with Gasteiger partial charge in [0.1, 0.15) is 6.61 Å². The number of carbonyl (C=O) groups is 1. The van der Waals surface area contributed by atoms with Crippen LogP contribution in [0.2, 0.25) is 0 Å². The Morgan fingerprint density at radius 2 is 1.83 bits per heavy atom. The molecule has 6 nitrogen and oxygen atoms in total. The Balaban J connectivity index is 2.15. The normalized spacial score (nSPS) is 11.4. The summed E-state index contributed by atoms with van der Waals surface area (Å²) in [4.78, 5) is 26.5. The Morgan fingerprint density at radius 3 is 2.50 bits per heavy atom. The number of unbranched alkanes of at least 4 members (excludes halogenated alkanes) is 3. The van der Waals surface area contributed by atoms with E-state index in [9.17, 15) is 9.59 Å². The Kier molecular flexibility index (Phi) is 9.92. The van der Waals surface area contributed by atoms with Crippen molar-refractivity contribution in [1.82, 2.24) is 4.57 Å². The fourth-order valence-corrected chi connectivity index (χ4v) is 4.02. The van der Waals surface area contributed by atoms with Gasteiger partial charge in [0, 0.05) is 29.6 Å². The molecule has 0 radical (unpaired) electrons. The zero-order valence-corrected chi connectivity index (χ0v) is 21.5. The van der Waals surface area contributed by atoms with Crippen LogP contribution in [0.4, 0.5) is 5.69 Å². The van der Waals surface area contributed by atoms with Crippen molar-refractivity contribution in [2.24, 2.45) is 0 Å². The second-order valence-corrected chi connectivity index (χ2v) is 8.54. The molecule has 36 heavy (non-hydrogen) atoms. The highest BCUT2D eigenvalue weighted by atomic mass is 16.5. The Bertz CT molecular complexity index is 1280. The van der Waals surface area contributed by atoms with Crippen molar-refractivity contribution in [2.45, 2.75) is 59.4 Å². The first-order valence-electron chi connectivity index (χ1n) is 12.7. The van der Waals surface area contributed by atoms with Crippen LogP contribution in [0.3, 0.4) is 0 Å². The zero-order chi connectivity index (χ0) is 25.9. The van der Waals surface area contributed by atoms with Gasteiger partial charge in [0.25, 0.3) is 11.5 Å². The number of ether oxygens (including phenoxy) is 2. The monoisotopic (exact) mass is 488 g/mol. The summed E-state index contributed by atoms with van der Waals surface area (Å²) in [6.45, 7) is 10.5. The smallest absolute Gasteiger partial charge is 0.297 e. The van der Waals surface area contributed by atoms with Crippen molar-refractivity contribution in [3.8, 4) is 11.5 Å². The molecule has 1 amide bonds. The van der Waals surface area contributed by atoms with Crippen LogP contribution in [0.5, 0.6) is 11.5 Å². The highest BCUT2D eigenvalue weighted by Crippen LogP contribution is 2.36. The van der Waals surface area contributed by atoms with Crippen LogP contribution in [-0.2, 0) is 6.54 Å². The van der Waals surface area contributed by atoms with E-state index in [2.05, 4.69) is 18.8 Å². The first-order chi connectivity index (χ1) is 17.5. The van der Waals surface area contributed by atoms with Crippen molar-refractivity contribution in [3.63, 3.8) is 0 Å². The quantitative estimate of drug-likeness (QED) is 0.158. The summed E-state index contributed by atoms with van der Waals surface area (Å²) in [6.07, 6.45) is 8.26. The van der Waals surface area contributed by atoms with Gasteiger partial charge < -0.3 is 19.4 Å². The molecule has 6 heteroatoms. The largest absolute Gasteiger partial charge is 0.481 e. The number of aromatic nitrogens is 1.